The van der Waals surface area contributed by atoms with Gasteiger partial charge in [-0.3, -0.25) is 0 Å². The molecule has 0 aliphatic rings. The van der Waals surface area contributed by atoms with Crippen LogP contribution in [-0.2, 0) is 11.3 Å². The van der Waals surface area contributed by atoms with Crippen molar-refractivity contribution in [2.45, 2.75) is 52.8 Å². The number of nitrogens with one attached hydrogen (secondary N) is 1. The molecular formula is C15H28N4O. The maximum atomic E-state index is 5.53. The fourth-order valence-electron chi connectivity index (χ4n) is 1.55. The molecule has 0 saturated heterocycles. The number of hydrogen-bond acceptors (Lipinski definition) is 5. The Morgan fingerprint density at radius 2 is 1.95 bits per heavy atom. The van der Waals surface area contributed by atoms with Crippen LogP contribution in [0.5, 0.6) is 0 Å². The molecule has 0 saturated carbocycles. The Kier molecular flexibility index (Phi) is 6.36. The molecule has 5 heteroatoms. The molecule has 1 aromatic rings. The van der Waals surface area contributed by atoms with Gasteiger partial charge in [0.05, 0.1) is 18.4 Å². The van der Waals surface area contributed by atoms with E-state index in [4.69, 9.17) is 4.74 Å². The first kappa shape index (κ1) is 16.9. The maximum absolute atomic E-state index is 5.53. The molecule has 1 aromatic heterocycles. The molecule has 20 heavy (non-hydrogen) atoms. The Morgan fingerprint density at radius 3 is 2.45 bits per heavy atom. The first-order valence-electron chi connectivity index (χ1n) is 7.18. The van der Waals surface area contributed by atoms with Crippen LogP contribution >= 0.6 is 0 Å². The molecule has 0 unspecified atom stereocenters. The summed E-state index contributed by atoms with van der Waals surface area (Å²) in [6.45, 7) is 12.7. The van der Waals surface area contributed by atoms with Crippen molar-refractivity contribution in [1.82, 2.24) is 15.5 Å². The van der Waals surface area contributed by atoms with Crippen molar-refractivity contribution in [3.8, 4) is 0 Å². The van der Waals surface area contributed by atoms with Crippen molar-refractivity contribution >= 4 is 5.82 Å². The van der Waals surface area contributed by atoms with Gasteiger partial charge in [-0.2, -0.15) is 5.10 Å². The fraction of sp³-hybridized carbons (Fsp3) is 0.733. The third-order valence-corrected chi connectivity index (χ3v) is 2.77. The molecule has 1 heterocycles. The smallest absolute Gasteiger partial charge is 0.151 e. The fourth-order valence-corrected chi connectivity index (χ4v) is 1.55. The number of nitrogens with zero attached hydrogens (tertiary/aromatic N) is 3. The van der Waals surface area contributed by atoms with Crippen LogP contribution in [0.3, 0.4) is 0 Å². The zero-order chi connectivity index (χ0) is 15.2. The van der Waals surface area contributed by atoms with E-state index in [9.17, 15) is 0 Å². The van der Waals surface area contributed by atoms with E-state index in [2.05, 4.69) is 41.2 Å². The lowest BCUT2D eigenvalue weighted by Gasteiger charge is -2.21. The Morgan fingerprint density at radius 1 is 1.25 bits per heavy atom. The van der Waals surface area contributed by atoms with E-state index in [0.29, 0.717) is 6.61 Å². The molecule has 114 valence electrons. The highest BCUT2D eigenvalue weighted by molar-refractivity contribution is 5.35. The molecule has 0 spiro atoms. The lowest BCUT2D eigenvalue weighted by Crippen LogP contribution is -2.35. The van der Waals surface area contributed by atoms with E-state index in [1.54, 1.807) is 0 Å². The van der Waals surface area contributed by atoms with Crippen molar-refractivity contribution < 1.29 is 4.74 Å². The number of rotatable bonds is 7. The van der Waals surface area contributed by atoms with Gasteiger partial charge >= 0.3 is 0 Å². The van der Waals surface area contributed by atoms with Crippen molar-refractivity contribution in [1.29, 1.82) is 0 Å². The van der Waals surface area contributed by atoms with Gasteiger partial charge in [-0.1, -0.05) is 0 Å². The molecule has 0 atom stereocenters. The third-order valence-electron chi connectivity index (χ3n) is 2.77. The molecule has 0 amide bonds. The summed E-state index contributed by atoms with van der Waals surface area (Å²) in [5.41, 5.74) is 1.04. The summed E-state index contributed by atoms with van der Waals surface area (Å²) >= 11 is 0. The van der Waals surface area contributed by atoms with Gasteiger partial charge in [0.1, 0.15) is 0 Å². The number of ether oxygens (including phenoxy) is 1. The van der Waals surface area contributed by atoms with Crippen LogP contribution in [0.4, 0.5) is 5.82 Å². The van der Waals surface area contributed by atoms with E-state index in [1.807, 2.05) is 33.0 Å². The van der Waals surface area contributed by atoms with Crippen LogP contribution in [0.15, 0.2) is 12.1 Å². The number of hydrogen-bond donors (Lipinski definition) is 1. The number of anilines is 1. The standard InChI is InChI=1S/C15H28N4O/c1-12(2)20-10-9-19(6)14-8-7-13(17-18-14)11-16-15(3,4)5/h7-8,12,16H,9-11H2,1-6H3. The molecule has 0 aromatic carbocycles. The Bertz CT molecular complexity index is 384. The lowest BCUT2D eigenvalue weighted by molar-refractivity contribution is 0.0845. The molecule has 1 N–H and O–H groups in total. The average molecular weight is 280 g/mol. The summed E-state index contributed by atoms with van der Waals surface area (Å²) in [5, 5.41) is 11.9. The van der Waals surface area contributed by atoms with E-state index in [1.165, 1.54) is 0 Å². The molecule has 0 aliphatic heterocycles. The van der Waals surface area contributed by atoms with Crippen molar-refractivity contribution in [2.24, 2.45) is 0 Å². The van der Waals surface area contributed by atoms with Gasteiger partial charge < -0.3 is 15.0 Å². The molecule has 5 nitrogen and oxygen atoms in total. The minimum Gasteiger partial charge on any atom is -0.377 e. The van der Waals surface area contributed by atoms with Gasteiger partial charge in [0, 0.05) is 25.7 Å². The molecule has 1 rings (SSSR count). The molecule has 0 fully saturated rings. The molecule has 0 radical (unpaired) electrons. The summed E-state index contributed by atoms with van der Waals surface area (Å²) in [6, 6.07) is 4.02. The second-order valence-electron chi connectivity index (χ2n) is 6.33. The second-order valence-corrected chi connectivity index (χ2v) is 6.33. The Balaban J connectivity index is 2.45. The van der Waals surface area contributed by atoms with Crippen LogP contribution in [0.2, 0.25) is 0 Å². The third kappa shape index (κ3) is 6.82. The normalized spacial score (nSPS) is 11.9. The highest BCUT2D eigenvalue weighted by Crippen LogP contribution is 2.08. The SMILES string of the molecule is CC(C)OCCN(C)c1ccc(CNC(C)(C)C)nn1. The predicted molar refractivity (Wildman–Crippen MR) is 83.0 cm³/mol. The minimum absolute atomic E-state index is 0.0886. The van der Waals surface area contributed by atoms with E-state index in [-0.39, 0.29) is 11.6 Å². The van der Waals surface area contributed by atoms with Gasteiger partial charge in [0.25, 0.3) is 0 Å². The minimum atomic E-state index is 0.0886. The van der Waals surface area contributed by atoms with Crippen LogP contribution in [0.1, 0.15) is 40.3 Å². The van der Waals surface area contributed by atoms with Gasteiger partial charge in [-0.05, 0) is 46.8 Å². The molecule has 0 bridgehead atoms. The Labute approximate surface area is 122 Å². The van der Waals surface area contributed by atoms with Crippen molar-refractivity contribution in [3.05, 3.63) is 17.8 Å². The van der Waals surface area contributed by atoms with Crippen LogP contribution in [-0.4, -0.2) is 42.0 Å². The molecule has 0 aliphatic carbocycles. The van der Waals surface area contributed by atoms with Crippen LogP contribution in [0.25, 0.3) is 0 Å². The molecular weight excluding hydrogens is 252 g/mol. The van der Waals surface area contributed by atoms with E-state index >= 15 is 0 Å². The van der Waals surface area contributed by atoms with Gasteiger partial charge in [-0.25, -0.2) is 0 Å². The highest BCUT2D eigenvalue weighted by atomic mass is 16.5. The zero-order valence-corrected chi connectivity index (χ0v) is 13.6. The largest absolute Gasteiger partial charge is 0.377 e. The van der Waals surface area contributed by atoms with Crippen LogP contribution < -0.4 is 10.2 Å². The topological polar surface area (TPSA) is 50.3 Å². The maximum Gasteiger partial charge on any atom is 0.151 e. The highest BCUT2D eigenvalue weighted by Gasteiger charge is 2.09. The number of aromatic nitrogens is 2. The second kappa shape index (κ2) is 7.55. The first-order chi connectivity index (χ1) is 9.28. The zero-order valence-electron chi connectivity index (χ0n) is 13.6. The van der Waals surface area contributed by atoms with Crippen molar-refractivity contribution in [2.75, 3.05) is 25.1 Å². The van der Waals surface area contributed by atoms with Crippen LogP contribution in [0, 0.1) is 0 Å². The summed E-state index contributed by atoms with van der Waals surface area (Å²) in [6.07, 6.45) is 0.264. The Hall–Kier alpha value is -1.20. The summed E-state index contributed by atoms with van der Waals surface area (Å²) in [7, 11) is 2.00. The lowest BCUT2D eigenvalue weighted by atomic mass is 10.1. The predicted octanol–water partition coefficient (Wildman–Crippen LogP) is 2.23. The van der Waals surface area contributed by atoms with Gasteiger partial charge in [-0.15, -0.1) is 5.10 Å². The monoisotopic (exact) mass is 280 g/mol. The van der Waals surface area contributed by atoms with Gasteiger partial charge in [0.2, 0.25) is 0 Å². The summed E-state index contributed by atoms with van der Waals surface area (Å²) < 4.78 is 5.53. The summed E-state index contributed by atoms with van der Waals surface area (Å²) in [4.78, 5) is 2.05. The van der Waals surface area contributed by atoms with E-state index < -0.39 is 0 Å². The summed E-state index contributed by atoms with van der Waals surface area (Å²) in [5.74, 6) is 0.872. The average Bonchev–Trinajstić information content (AvgIpc) is 2.35. The quantitative estimate of drug-likeness (QED) is 0.830. The van der Waals surface area contributed by atoms with E-state index in [0.717, 1.165) is 24.6 Å². The number of likely N-dealkylation sites (N-methyl/N-ethyl adjacent to an activating group) is 1. The van der Waals surface area contributed by atoms with Crippen molar-refractivity contribution in [3.63, 3.8) is 0 Å². The van der Waals surface area contributed by atoms with Gasteiger partial charge in [0.15, 0.2) is 5.82 Å². The first-order valence-corrected chi connectivity index (χ1v) is 7.18.